The largest absolute Gasteiger partial charge is 0.417 e. The van der Waals surface area contributed by atoms with Crippen molar-refractivity contribution in [2.45, 2.75) is 50.2 Å². The van der Waals surface area contributed by atoms with Crippen LogP contribution in [-0.2, 0) is 11.0 Å². The zero-order valence-corrected chi connectivity index (χ0v) is 15.5. The summed E-state index contributed by atoms with van der Waals surface area (Å²) in [5, 5.41) is 5.17. The van der Waals surface area contributed by atoms with Crippen molar-refractivity contribution < 1.29 is 31.5 Å². The van der Waals surface area contributed by atoms with Gasteiger partial charge in [0.2, 0.25) is 11.8 Å². The Morgan fingerprint density at radius 3 is 2.72 bits per heavy atom. The minimum absolute atomic E-state index is 0.0173. The number of alkyl halides is 5. The summed E-state index contributed by atoms with van der Waals surface area (Å²) in [4.78, 5) is 29.5. The number of aromatic nitrogens is 1. The van der Waals surface area contributed by atoms with Crippen molar-refractivity contribution >= 4 is 17.6 Å². The summed E-state index contributed by atoms with van der Waals surface area (Å²) >= 11 is 0. The SMILES string of the molecule is O=C1CC(NC(=O)c2cc(C(F)(F)F)cnc2N2CCCC(F)(F)CC2)CCN1. The molecule has 1 aromatic heterocycles. The van der Waals surface area contributed by atoms with E-state index in [2.05, 4.69) is 15.6 Å². The van der Waals surface area contributed by atoms with Gasteiger partial charge in [-0.3, -0.25) is 9.59 Å². The molecule has 0 bridgehead atoms. The molecule has 2 aliphatic rings. The molecule has 2 fully saturated rings. The van der Waals surface area contributed by atoms with Crippen LogP contribution in [0.1, 0.15) is 48.0 Å². The van der Waals surface area contributed by atoms with Crippen LogP contribution in [0.15, 0.2) is 12.3 Å². The molecule has 11 heteroatoms. The maximum atomic E-state index is 13.7. The average molecular weight is 420 g/mol. The van der Waals surface area contributed by atoms with Crippen LogP contribution in [0.2, 0.25) is 0 Å². The van der Waals surface area contributed by atoms with Crippen molar-refractivity contribution in [2.24, 2.45) is 0 Å². The molecule has 0 aliphatic carbocycles. The van der Waals surface area contributed by atoms with Crippen molar-refractivity contribution in [3.8, 4) is 0 Å². The van der Waals surface area contributed by atoms with Crippen molar-refractivity contribution in [3.63, 3.8) is 0 Å². The second-order valence-electron chi connectivity index (χ2n) is 7.30. The number of nitrogens with one attached hydrogen (secondary N) is 2. The van der Waals surface area contributed by atoms with E-state index in [4.69, 9.17) is 0 Å². The first kappa shape index (κ1) is 21.3. The molecule has 29 heavy (non-hydrogen) atoms. The molecule has 0 spiro atoms. The van der Waals surface area contributed by atoms with Crippen LogP contribution >= 0.6 is 0 Å². The third-order valence-electron chi connectivity index (χ3n) is 5.04. The molecule has 160 valence electrons. The number of nitrogens with zero attached hydrogens (tertiary/aromatic N) is 2. The van der Waals surface area contributed by atoms with Crippen LogP contribution < -0.4 is 15.5 Å². The Morgan fingerprint density at radius 1 is 1.28 bits per heavy atom. The molecule has 0 radical (unpaired) electrons. The average Bonchev–Trinajstić information content (AvgIpc) is 2.81. The van der Waals surface area contributed by atoms with Gasteiger partial charge in [0, 0.05) is 51.1 Å². The summed E-state index contributed by atoms with van der Waals surface area (Å²) in [7, 11) is 0. The van der Waals surface area contributed by atoms with Crippen LogP contribution in [0.3, 0.4) is 0 Å². The van der Waals surface area contributed by atoms with Gasteiger partial charge in [0.25, 0.3) is 5.91 Å². The Bertz CT molecular complexity index is 784. The molecule has 0 saturated carbocycles. The van der Waals surface area contributed by atoms with Gasteiger partial charge < -0.3 is 15.5 Å². The molecule has 2 amide bonds. The summed E-state index contributed by atoms with van der Waals surface area (Å²) in [6, 6.07) is 0.163. The topological polar surface area (TPSA) is 74.3 Å². The summed E-state index contributed by atoms with van der Waals surface area (Å²) in [6.07, 6.45) is -4.33. The van der Waals surface area contributed by atoms with Gasteiger partial charge in [-0.2, -0.15) is 13.2 Å². The number of carbonyl (C=O) groups excluding carboxylic acids is 2. The van der Waals surface area contributed by atoms with Crippen molar-refractivity contribution in [1.82, 2.24) is 15.6 Å². The van der Waals surface area contributed by atoms with Gasteiger partial charge in [0.15, 0.2) is 0 Å². The minimum atomic E-state index is -4.71. The number of hydrogen-bond donors (Lipinski definition) is 2. The molecule has 6 nitrogen and oxygen atoms in total. The number of anilines is 1. The van der Waals surface area contributed by atoms with Gasteiger partial charge >= 0.3 is 6.18 Å². The summed E-state index contributed by atoms with van der Waals surface area (Å²) in [5.41, 5.74) is -1.44. The molecule has 2 aliphatic heterocycles. The monoisotopic (exact) mass is 420 g/mol. The Hall–Kier alpha value is -2.46. The van der Waals surface area contributed by atoms with E-state index in [-0.39, 0.29) is 49.6 Å². The van der Waals surface area contributed by atoms with E-state index >= 15 is 0 Å². The van der Waals surface area contributed by atoms with Gasteiger partial charge in [-0.15, -0.1) is 0 Å². The third kappa shape index (κ3) is 5.33. The standard InChI is InChI=1S/C18H21F5N4O2/c19-17(20)3-1-6-27(7-4-17)15-13(8-11(10-25-15)18(21,22)23)16(29)26-12-2-5-24-14(28)9-12/h8,10,12H,1-7,9H2,(H,24,28)(H,26,29). The van der Waals surface area contributed by atoms with Crippen molar-refractivity contribution in [1.29, 1.82) is 0 Å². The predicted molar refractivity (Wildman–Crippen MR) is 93.7 cm³/mol. The van der Waals surface area contributed by atoms with Gasteiger partial charge in [0.1, 0.15) is 5.82 Å². The second-order valence-corrected chi connectivity index (χ2v) is 7.30. The molecular weight excluding hydrogens is 399 g/mol. The first-order valence-corrected chi connectivity index (χ1v) is 9.33. The molecule has 3 heterocycles. The van der Waals surface area contributed by atoms with E-state index in [1.807, 2.05) is 0 Å². The highest BCUT2D eigenvalue weighted by Gasteiger charge is 2.36. The minimum Gasteiger partial charge on any atom is -0.356 e. The zero-order chi connectivity index (χ0) is 21.2. The van der Waals surface area contributed by atoms with Crippen molar-refractivity contribution in [2.75, 3.05) is 24.5 Å². The molecule has 1 atom stereocenters. The zero-order valence-electron chi connectivity index (χ0n) is 15.5. The number of pyridine rings is 1. The maximum absolute atomic E-state index is 13.7. The lowest BCUT2D eigenvalue weighted by Crippen LogP contribution is -2.45. The first-order chi connectivity index (χ1) is 13.5. The molecule has 2 N–H and O–H groups in total. The molecule has 2 saturated heterocycles. The highest BCUT2D eigenvalue weighted by molar-refractivity contribution is 5.99. The lowest BCUT2D eigenvalue weighted by atomic mass is 10.0. The van der Waals surface area contributed by atoms with Gasteiger partial charge in [0.05, 0.1) is 11.1 Å². The number of halogens is 5. The van der Waals surface area contributed by atoms with Gasteiger partial charge in [-0.05, 0) is 18.9 Å². The van der Waals surface area contributed by atoms with Gasteiger partial charge in [-0.1, -0.05) is 0 Å². The fourth-order valence-corrected chi connectivity index (χ4v) is 3.48. The number of piperidine rings is 1. The van der Waals surface area contributed by atoms with Crippen LogP contribution in [0.4, 0.5) is 27.8 Å². The van der Waals surface area contributed by atoms with Crippen molar-refractivity contribution in [3.05, 3.63) is 23.4 Å². The fourth-order valence-electron chi connectivity index (χ4n) is 3.48. The molecule has 3 rings (SSSR count). The lowest BCUT2D eigenvalue weighted by molar-refractivity contribution is -0.137. The first-order valence-electron chi connectivity index (χ1n) is 9.33. The Morgan fingerprint density at radius 2 is 2.03 bits per heavy atom. The maximum Gasteiger partial charge on any atom is 0.417 e. The highest BCUT2D eigenvalue weighted by atomic mass is 19.4. The van der Waals surface area contributed by atoms with Gasteiger partial charge in [-0.25, -0.2) is 13.8 Å². The summed E-state index contributed by atoms with van der Waals surface area (Å²) in [6.45, 7) is 0.371. The summed E-state index contributed by atoms with van der Waals surface area (Å²) < 4.78 is 66.8. The normalized spacial score (nSPS) is 22.6. The Balaban J connectivity index is 1.89. The van der Waals surface area contributed by atoms with Crippen LogP contribution in [0.25, 0.3) is 0 Å². The van der Waals surface area contributed by atoms with E-state index < -0.39 is 36.0 Å². The molecule has 1 aromatic rings. The van der Waals surface area contributed by atoms with E-state index in [1.165, 1.54) is 4.90 Å². The van der Waals surface area contributed by atoms with Crippen LogP contribution in [-0.4, -0.2) is 48.4 Å². The van der Waals surface area contributed by atoms with E-state index in [9.17, 15) is 31.5 Å². The molecule has 0 aromatic carbocycles. The molecule has 1 unspecified atom stereocenters. The van der Waals surface area contributed by atoms with E-state index in [1.54, 1.807) is 0 Å². The Labute approximate surface area is 163 Å². The number of hydrogen-bond acceptors (Lipinski definition) is 4. The quantitative estimate of drug-likeness (QED) is 0.738. The third-order valence-corrected chi connectivity index (χ3v) is 5.04. The smallest absolute Gasteiger partial charge is 0.356 e. The number of rotatable bonds is 3. The lowest BCUT2D eigenvalue weighted by Gasteiger charge is -2.27. The van der Waals surface area contributed by atoms with E-state index in [0.29, 0.717) is 25.2 Å². The molecular formula is C18H21F5N4O2. The predicted octanol–water partition coefficient (Wildman–Crippen LogP) is 2.73. The number of amides is 2. The van der Waals surface area contributed by atoms with E-state index in [0.717, 1.165) is 0 Å². The summed E-state index contributed by atoms with van der Waals surface area (Å²) in [5.74, 6) is -4.00. The Kier molecular flexibility index (Phi) is 5.95. The highest BCUT2D eigenvalue weighted by Crippen LogP contribution is 2.34. The number of carbonyl (C=O) groups is 2. The second kappa shape index (κ2) is 8.11. The fraction of sp³-hybridized carbons (Fsp3) is 0.611. The van der Waals surface area contributed by atoms with Crippen LogP contribution in [0.5, 0.6) is 0 Å². The van der Waals surface area contributed by atoms with Crippen LogP contribution in [0, 0.1) is 0 Å².